The van der Waals surface area contributed by atoms with E-state index < -0.39 is 18.4 Å². The molecule has 2 unspecified atom stereocenters. The van der Waals surface area contributed by atoms with Crippen LogP contribution in [0.15, 0.2) is 24.3 Å². The summed E-state index contributed by atoms with van der Waals surface area (Å²) in [5, 5.41) is 0.546. The summed E-state index contributed by atoms with van der Waals surface area (Å²) >= 11 is 7.71. The van der Waals surface area contributed by atoms with Gasteiger partial charge in [-0.15, -0.1) is 0 Å². The lowest BCUT2D eigenvalue weighted by Gasteiger charge is -2.23. The van der Waals surface area contributed by atoms with Crippen LogP contribution in [0, 0.1) is 0 Å². The van der Waals surface area contributed by atoms with E-state index in [1.165, 1.54) is 0 Å². The molecule has 2 atom stereocenters. The minimum absolute atomic E-state index is 0.444. The van der Waals surface area contributed by atoms with E-state index in [2.05, 4.69) is 0 Å². The van der Waals surface area contributed by atoms with Gasteiger partial charge < -0.3 is 4.74 Å². The van der Waals surface area contributed by atoms with Crippen molar-refractivity contribution < 1.29 is 17.9 Å². The molecule has 0 fully saturated rings. The van der Waals surface area contributed by atoms with Gasteiger partial charge in [0.2, 0.25) is 0 Å². The van der Waals surface area contributed by atoms with E-state index in [0.717, 1.165) is 6.92 Å². The van der Waals surface area contributed by atoms with Gasteiger partial charge in [-0.05, 0) is 24.6 Å². The second-order valence-electron chi connectivity index (χ2n) is 3.51. The smallest absolute Gasteiger partial charge is 0.360 e. The number of alkyl halides is 4. The van der Waals surface area contributed by atoms with E-state index >= 15 is 0 Å². The molecule has 0 spiro atoms. The number of hydrogen-bond acceptors (Lipinski definition) is 1. The SMILES string of the molecule is CC(OC(CI)c1ccc(Cl)cc1)C(F)(F)F. The molecule has 0 radical (unpaired) electrons. The van der Waals surface area contributed by atoms with Crippen molar-refractivity contribution in [3.8, 4) is 0 Å². The lowest BCUT2D eigenvalue weighted by Crippen LogP contribution is -2.30. The first kappa shape index (κ1) is 15.0. The number of halogens is 5. The molecule has 0 aliphatic rings. The third kappa shape index (κ3) is 4.63. The summed E-state index contributed by atoms with van der Waals surface area (Å²) in [5.74, 6) is 0. The zero-order chi connectivity index (χ0) is 13.1. The third-order valence-corrected chi connectivity index (χ3v) is 3.26. The van der Waals surface area contributed by atoms with Crippen LogP contribution in [-0.4, -0.2) is 16.7 Å². The molecule has 1 nitrogen and oxygen atoms in total. The van der Waals surface area contributed by atoms with Crippen molar-refractivity contribution in [2.24, 2.45) is 0 Å². The summed E-state index contributed by atoms with van der Waals surface area (Å²) < 4.78 is 42.6. The fourth-order valence-electron chi connectivity index (χ4n) is 1.21. The van der Waals surface area contributed by atoms with Crippen LogP contribution in [0.25, 0.3) is 0 Å². The summed E-state index contributed by atoms with van der Waals surface area (Å²) in [7, 11) is 0. The second-order valence-corrected chi connectivity index (χ2v) is 4.83. The van der Waals surface area contributed by atoms with Gasteiger partial charge in [-0.2, -0.15) is 13.2 Å². The molecular formula is C11H11ClF3IO. The first-order valence-corrected chi connectivity index (χ1v) is 6.78. The molecule has 1 aromatic rings. The van der Waals surface area contributed by atoms with Gasteiger partial charge >= 0.3 is 6.18 Å². The number of rotatable bonds is 4. The van der Waals surface area contributed by atoms with Gasteiger partial charge in [0.05, 0.1) is 6.10 Å². The first-order chi connectivity index (χ1) is 7.84. The molecule has 1 aromatic carbocycles. The molecule has 0 aliphatic heterocycles. The summed E-state index contributed by atoms with van der Waals surface area (Å²) in [5.41, 5.74) is 0.694. The highest BCUT2D eigenvalue weighted by Gasteiger charge is 2.38. The maximum Gasteiger partial charge on any atom is 0.414 e. The van der Waals surface area contributed by atoms with E-state index in [9.17, 15) is 13.2 Å². The average molecular weight is 379 g/mol. The Kier molecular flexibility index (Phi) is 5.53. The number of hydrogen-bond donors (Lipinski definition) is 0. The molecule has 0 saturated carbocycles. The molecule has 0 saturated heterocycles. The van der Waals surface area contributed by atoms with Crippen LogP contribution in [-0.2, 0) is 4.74 Å². The average Bonchev–Trinajstić information content (AvgIpc) is 2.25. The number of ether oxygens (including phenoxy) is 1. The van der Waals surface area contributed by atoms with Crippen molar-refractivity contribution >= 4 is 34.2 Å². The molecular weight excluding hydrogens is 367 g/mol. The Balaban J connectivity index is 2.75. The van der Waals surface area contributed by atoms with Crippen LogP contribution >= 0.6 is 34.2 Å². The van der Waals surface area contributed by atoms with Gasteiger partial charge in [-0.1, -0.05) is 46.3 Å². The zero-order valence-electron chi connectivity index (χ0n) is 8.97. The van der Waals surface area contributed by atoms with Gasteiger partial charge in [0, 0.05) is 9.45 Å². The van der Waals surface area contributed by atoms with Crippen LogP contribution < -0.4 is 0 Å². The Morgan fingerprint density at radius 3 is 2.24 bits per heavy atom. The Morgan fingerprint density at radius 2 is 1.82 bits per heavy atom. The first-order valence-electron chi connectivity index (χ1n) is 4.88. The van der Waals surface area contributed by atoms with E-state index in [1.54, 1.807) is 24.3 Å². The summed E-state index contributed by atoms with van der Waals surface area (Å²) in [6.45, 7) is 1.01. The highest BCUT2D eigenvalue weighted by Crippen LogP contribution is 2.29. The van der Waals surface area contributed by atoms with Gasteiger partial charge in [0.15, 0.2) is 6.10 Å². The van der Waals surface area contributed by atoms with Crippen molar-refractivity contribution in [3.63, 3.8) is 0 Å². The van der Waals surface area contributed by atoms with Gasteiger partial charge in [0.1, 0.15) is 0 Å². The molecule has 0 N–H and O–H groups in total. The van der Waals surface area contributed by atoms with Crippen LogP contribution in [0.2, 0.25) is 5.02 Å². The van der Waals surface area contributed by atoms with E-state index in [0.29, 0.717) is 15.0 Å². The normalized spacial score (nSPS) is 15.6. The van der Waals surface area contributed by atoms with E-state index in [1.807, 2.05) is 22.6 Å². The molecule has 6 heteroatoms. The largest absolute Gasteiger partial charge is 0.414 e. The quantitative estimate of drug-likeness (QED) is 0.541. The van der Waals surface area contributed by atoms with Crippen LogP contribution in [0.5, 0.6) is 0 Å². The predicted molar refractivity (Wildman–Crippen MR) is 69.7 cm³/mol. The van der Waals surface area contributed by atoms with E-state index in [-0.39, 0.29) is 0 Å². The van der Waals surface area contributed by atoms with Crippen molar-refractivity contribution in [2.75, 3.05) is 4.43 Å². The monoisotopic (exact) mass is 378 g/mol. The van der Waals surface area contributed by atoms with Crippen LogP contribution in [0.1, 0.15) is 18.6 Å². The molecule has 17 heavy (non-hydrogen) atoms. The molecule has 1 rings (SSSR count). The molecule has 0 heterocycles. The summed E-state index contributed by atoms with van der Waals surface area (Å²) in [4.78, 5) is 0. The molecule has 0 aliphatic carbocycles. The highest BCUT2D eigenvalue weighted by molar-refractivity contribution is 14.1. The fraction of sp³-hybridized carbons (Fsp3) is 0.455. The van der Waals surface area contributed by atoms with Crippen molar-refractivity contribution in [1.82, 2.24) is 0 Å². The Labute approximate surface area is 116 Å². The standard InChI is InChI=1S/C11H11ClF3IO/c1-7(11(13,14)15)17-10(6-16)8-2-4-9(12)5-3-8/h2-5,7,10H,6H2,1H3. The lowest BCUT2D eigenvalue weighted by atomic mass is 10.1. The Bertz CT molecular complexity index is 353. The topological polar surface area (TPSA) is 9.23 Å². The van der Waals surface area contributed by atoms with Crippen molar-refractivity contribution in [3.05, 3.63) is 34.9 Å². The Hall–Kier alpha value is -0.0100. The van der Waals surface area contributed by atoms with Crippen LogP contribution in [0.3, 0.4) is 0 Å². The molecule has 0 bridgehead atoms. The van der Waals surface area contributed by atoms with Crippen LogP contribution in [0.4, 0.5) is 13.2 Å². The fourth-order valence-corrected chi connectivity index (χ4v) is 2.05. The zero-order valence-corrected chi connectivity index (χ0v) is 11.9. The molecule has 0 amide bonds. The lowest BCUT2D eigenvalue weighted by molar-refractivity contribution is -0.225. The van der Waals surface area contributed by atoms with Gasteiger partial charge in [0.25, 0.3) is 0 Å². The van der Waals surface area contributed by atoms with Gasteiger partial charge in [-0.3, -0.25) is 0 Å². The summed E-state index contributed by atoms with van der Waals surface area (Å²) in [6.07, 6.45) is -6.70. The molecule has 96 valence electrons. The highest BCUT2D eigenvalue weighted by atomic mass is 127. The van der Waals surface area contributed by atoms with Crippen molar-refractivity contribution in [1.29, 1.82) is 0 Å². The van der Waals surface area contributed by atoms with Gasteiger partial charge in [-0.25, -0.2) is 0 Å². The Morgan fingerprint density at radius 1 is 1.29 bits per heavy atom. The maximum absolute atomic E-state index is 12.4. The second kappa shape index (κ2) is 6.24. The van der Waals surface area contributed by atoms with E-state index in [4.69, 9.17) is 16.3 Å². The number of benzene rings is 1. The summed E-state index contributed by atoms with van der Waals surface area (Å²) in [6, 6.07) is 6.62. The predicted octanol–water partition coefficient (Wildman–Crippen LogP) is 4.78. The van der Waals surface area contributed by atoms with Crippen molar-refractivity contribution in [2.45, 2.75) is 25.3 Å². The minimum atomic E-state index is -4.34. The maximum atomic E-state index is 12.4. The minimum Gasteiger partial charge on any atom is -0.360 e. The third-order valence-electron chi connectivity index (χ3n) is 2.21. The molecule has 0 aromatic heterocycles.